The summed E-state index contributed by atoms with van der Waals surface area (Å²) in [5.41, 5.74) is 2.23. The first kappa shape index (κ1) is 21.6. The molecule has 1 saturated heterocycles. The van der Waals surface area contributed by atoms with Crippen LogP contribution in [-0.2, 0) is 6.61 Å². The zero-order valence-corrected chi connectivity index (χ0v) is 17.7. The van der Waals surface area contributed by atoms with Crippen LogP contribution >= 0.6 is 0 Å². The van der Waals surface area contributed by atoms with E-state index in [2.05, 4.69) is 5.32 Å². The number of hydrogen-bond donors (Lipinski definition) is 1. The van der Waals surface area contributed by atoms with Crippen LogP contribution in [0.1, 0.15) is 45.5 Å². The van der Waals surface area contributed by atoms with Crippen LogP contribution in [0.4, 0.5) is 10.1 Å². The molecule has 0 bridgehead atoms. The highest BCUT2D eigenvalue weighted by Crippen LogP contribution is 2.22. The number of para-hydroxylation sites is 1. The molecular formula is C26H25FN2O3. The molecule has 5 nitrogen and oxygen atoms in total. The second kappa shape index (κ2) is 10.1. The van der Waals surface area contributed by atoms with Crippen molar-refractivity contribution < 1.29 is 18.7 Å². The van der Waals surface area contributed by atoms with E-state index in [1.165, 1.54) is 12.1 Å². The van der Waals surface area contributed by atoms with Crippen molar-refractivity contribution in [1.82, 2.24) is 4.90 Å². The lowest BCUT2D eigenvalue weighted by Gasteiger charge is -2.27. The fourth-order valence-corrected chi connectivity index (χ4v) is 3.71. The number of ether oxygens (including phenoxy) is 1. The lowest BCUT2D eigenvalue weighted by molar-refractivity contribution is 0.0725. The van der Waals surface area contributed by atoms with Crippen molar-refractivity contribution in [3.8, 4) is 5.75 Å². The minimum Gasteiger partial charge on any atom is -0.489 e. The van der Waals surface area contributed by atoms with Gasteiger partial charge in [-0.25, -0.2) is 4.39 Å². The molecule has 1 aliphatic heterocycles. The molecule has 1 aliphatic rings. The fourth-order valence-electron chi connectivity index (χ4n) is 3.71. The minimum atomic E-state index is -0.323. The van der Waals surface area contributed by atoms with Crippen LogP contribution in [-0.4, -0.2) is 29.8 Å². The van der Waals surface area contributed by atoms with Crippen molar-refractivity contribution in [1.29, 1.82) is 0 Å². The SMILES string of the molecule is O=C(Nc1ccccc1C(=O)N1CCCCC1)c1cccc(OCc2ccc(F)cc2)c1. The van der Waals surface area contributed by atoms with Crippen molar-refractivity contribution in [2.24, 2.45) is 0 Å². The van der Waals surface area contributed by atoms with Gasteiger partial charge in [0.25, 0.3) is 11.8 Å². The Morgan fingerprint density at radius 3 is 2.44 bits per heavy atom. The Morgan fingerprint density at radius 2 is 1.66 bits per heavy atom. The summed E-state index contributed by atoms with van der Waals surface area (Å²) in [6, 6.07) is 20.0. The van der Waals surface area contributed by atoms with Crippen LogP contribution in [0.3, 0.4) is 0 Å². The highest BCUT2D eigenvalue weighted by molar-refractivity contribution is 6.09. The van der Waals surface area contributed by atoms with E-state index in [-0.39, 0.29) is 24.2 Å². The van der Waals surface area contributed by atoms with E-state index in [1.807, 2.05) is 4.90 Å². The van der Waals surface area contributed by atoms with Crippen molar-refractivity contribution in [2.75, 3.05) is 18.4 Å². The monoisotopic (exact) mass is 432 g/mol. The molecule has 0 unspecified atom stereocenters. The van der Waals surface area contributed by atoms with Gasteiger partial charge in [-0.1, -0.05) is 30.3 Å². The van der Waals surface area contributed by atoms with E-state index in [0.717, 1.165) is 37.9 Å². The third-order valence-corrected chi connectivity index (χ3v) is 5.46. The molecule has 1 N–H and O–H groups in total. The Labute approximate surface area is 186 Å². The van der Waals surface area contributed by atoms with E-state index in [9.17, 15) is 14.0 Å². The topological polar surface area (TPSA) is 58.6 Å². The number of halogens is 1. The number of nitrogens with zero attached hydrogens (tertiary/aromatic N) is 1. The van der Waals surface area contributed by atoms with Crippen molar-refractivity contribution >= 4 is 17.5 Å². The Morgan fingerprint density at radius 1 is 0.906 bits per heavy atom. The van der Waals surface area contributed by atoms with E-state index >= 15 is 0 Å². The number of carbonyl (C=O) groups is 2. The number of piperidine rings is 1. The maximum Gasteiger partial charge on any atom is 0.255 e. The quantitative estimate of drug-likeness (QED) is 0.576. The molecule has 3 aromatic carbocycles. The van der Waals surface area contributed by atoms with Crippen LogP contribution in [0, 0.1) is 5.82 Å². The highest BCUT2D eigenvalue weighted by atomic mass is 19.1. The molecule has 0 radical (unpaired) electrons. The van der Waals surface area contributed by atoms with Crippen LogP contribution in [0.2, 0.25) is 0 Å². The Balaban J connectivity index is 1.44. The van der Waals surface area contributed by atoms with Gasteiger partial charge in [0, 0.05) is 18.7 Å². The normalized spacial score (nSPS) is 13.5. The van der Waals surface area contributed by atoms with Crippen LogP contribution < -0.4 is 10.1 Å². The van der Waals surface area contributed by atoms with Crippen molar-refractivity contribution in [3.63, 3.8) is 0 Å². The Kier molecular flexibility index (Phi) is 6.80. The summed E-state index contributed by atoms with van der Waals surface area (Å²) in [5, 5.41) is 2.87. The van der Waals surface area contributed by atoms with Crippen LogP contribution in [0.25, 0.3) is 0 Å². The van der Waals surface area contributed by atoms with Gasteiger partial charge in [-0.05, 0) is 67.3 Å². The first-order valence-electron chi connectivity index (χ1n) is 10.8. The average Bonchev–Trinajstić information content (AvgIpc) is 2.84. The summed E-state index contributed by atoms with van der Waals surface area (Å²) in [5.74, 6) is -0.153. The van der Waals surface area contributed by atoms with Gasteiger partial charge in [0.2, 0.25) is 0 Å². The minimum absolute atomic E-state index is 0.0584. The molecule has 0 atom stereocenters. The third-order valence-electron chi connectivity index (χ3n) is 5.46. The van der Waals surface area contributed by atoms with Gasteiger partial charge in [0.1, 0.15) is 18.2 Å². The zero-order valence-electron chi connectivity index (χ0n) is 17.7. The lowest BCUT2D eigenvalue weighted by atomic mass is 10.1. The summed E-state index contributed by atoms with van der Waals surface area (Å²) >= 11 is 0. The molecule has 32 heavy (non-hydrogen) atoms. The van der Waals surface area contributed by atoms with E-state index in [4.69, 9.17) is 4.74 Å². The summed E-state index contributed by atoms with van der Waals surface area (Å²) < 4.78 is 18.8. The molecule has 1 fully saturated rings. The van der Waals surface area contributed by atoms with E-state index in [0.29, 0.717) is 22.6 Å². The van der Waals surface area contributed by atoms with Gasteiger partial charge in [-0.2, -0.15) is 0 Å². The number of carbonyl (C=O) groups excluding carboxylic acids is 2. The number of amides is 2. The van der Waals surface area contributed by atoms with Gasteiger partial charge in [0.05, 0.1) is 11.3 Å². The standard InChI is InChI=1S/C26H25FN2O3/c27-21-13-11-19(12-14-21)18-32-22-8-6-7-20(17-22)25(30)28-24-10-3-2-9-23(24)26(31)29-15-4-1-5-16-29/h2-3,6-14,17H,1,4-5,15-16,18H2,(H,28,30). The first-order valence-corrected chi connectivity index (χ1v) is 10.8. The zero-order chi connectivity index (χ0) is 22.3. The summed E-state index contributed by atoms with van der Waals surface area (Å²) in [7, 11) is 0. The molecule has 0 spiro atoms. The third kappa shape index (κ3) is 5.32. The van der Waals surface area contributed by atoms with E-state index < -0.39 is 0 Å². The molecule has 164 valence electrons. The second-order valence-electron chi connectivity index (χ2n) is 7.80. The number of rotatable bonds is 6. The number of hydrogen-bond acceptors (Lipinski definition) is 3. The van der Waals surface area contributed by atoms with Gasteiger partial charge >= 0.3 is 0 Å². The molecule has 4 rings (SSSR count). The Hall–Kier alpha value is -3.67. The second-order valence-corrected chi connectivity index (χ2v) is 7.80. The first-order chi connectivity index (χ1) is 15.6. The molecule has 0 aliphatic carbocycles. The molecular weight excluding hydrogens is 407 g/mol. The summed E-state index contributed by atoms with van der Waals surface area (Å²) in [4.78, 5) is 27.7. The molecule has 0 aromatic heterocycles. The predicted molar refractivity (Wildman–Crippen MR) is 121 cm³/mol. The van der Waals surface area contributed by atoms with Gasteiger partial charge in [-0.3, -0.25) is 9.59 Å². The maximum atomic E-state index is 13.0. The largest absolute Gasteiger partial charge is 0.489 e. The Bertz CT molecular complexity index is 1090. The molecule has 0 saturated carbocycles. The predicted octanol–water partition coefficient (Wildman–Crippen LogP) is 5.28. The molecule has 3 aromatic rings. The average molecular weight is 432 g/mol. The molecule has 2 amide bonds. The lowest BCUT2D eigenvalue weighted by Crippen LogP contribution is -2.36. The number of nitrogens with one attached hydrogen (secondary N) is 1. The van der Waals surface area contributed by atoms with Gasteiger partial charge in [0.15, 0.2) is 0 Å². The van der Waals surface area contributed by atoms with Crippen molar-refractivity contribution in [2.45, 2.75) is 25.9 Å². The van der Waals surface area contributed by atoms with Crippen LogP contribution in [0.15, 0.2) is 72.8 Å². The fraction of sp³-hybridized carbons (Fsp3) is 0.231. The molecule has 1 heterocycles. The summed E-state index contributed by atoms with van der Waals surface area (Å²) in [6.45, 7) is 1.75. The number of benzene rings is 3. The van der Waals surface area contributed by atoms with Gasteiger partial charge < -0.3 is 15.0 Å². The van der Waals surface area contributed by atoms with Crippen LogP contribution in [0.5, 0.6) is 5.75 Å². The highest BCUT2D eigenvalue weighted by Gasteiger charge is 2.21. The maximum absolute atomic E-state index is 13.0. The van der Waals surface area contributed by atoms with Gasteiger partial charge in [-0.15, -0.1) is 0 Å². The van der Waals surface area contributed by atoms with E-state index in [1.54, 1.807) is 60.7 Å². The molecule has 6 heteroatoms. The van der Waals surface area contributed by atoms with Crippen molar-refractivity contribution in [3.05, 3.63) is 95.3 Å². The smallest absolute Gasteiger partial charge is 0.255 e. The number of likely N-dealkylation sites (tertiary alicyclic amines) is 1. The number of anilines is 1. The summed E-state index contributed by atoms with van der Waals surface area (Å²) in [6.07, 6.45) is 3.15.